The molecule has 0 unspecified atom stereocenters. The number of carboxylic acid groups (broad SMARTS) is 1. The number of carbonyl (C=O) groups is 1. The Morgan fingerprint density at radius 1 is 1.10 bits per heavy atom. The normalized spacial score (nSPS) is 18.8. The Bertz CT molecular complexity index is 1460. The van der Waals surface area contributed by atoms with Crippen molar-refractivity contribution in [3.8, 4) is 17.6 Å². The third-order valence-electron chi connectivity index (χ3n) is 7.43. The second kappa shape index (κ2) is 12.6. The summed E-state index contributed by atoms with van der Waals surface area (Å²) in [5.74, 6) is 3.51. The highest BCUT2D eigenvalue weighted by atomic mass is 19.4. The molecule has 1 saturated heterocycles. The van der Waals surface area contributed by atoms with Gasteiger partial charge in [0, 0.05) is 23.7 Å². The lowest BCUT2D eigenvalue weighted by atomic mass is 9.81. The summed E-state index contributed by atoms with van der Waals surface area (Å²) in [6, 6.07) is 8.20. The van der Waals surface area contributed by atoms with Crippen molar-refractivity contribution in [2.75, 3.05) is 26.7 Å². The first-order valence-corrected chi connectivity index (χ1v) is 13.1. The summed E-state index contributed by atoms with van der Waals surface area (Å²) in [6.45, 7) is 0.517. The molecular formula is C30H28F6N2O4. The van der Waals surface area contributed by atoms with Crippen LogP contribution in [0.5, 0.6) is 5.75 Å². The number of aliphatic carboxylic acids is 1. The minimum absolute atomic E-state index is 0.0262. The van der Waals surface area contributed by atoms with E-state index in [4.69, 9.17) is 4.74 Å². The number of aliphatic hydroxyl groups excluding tert-OH is 1. The van der Waals surface area contributed by atoms with Gasteiger partial charge in [0.2, 0.25) is 0 Å². The molecule has 12 heteroatoms. The number of alkyl halides is 6. The Morgan fingerprint density at radius 2 is 1.79 bits per heavy atom. The average Bonchev–Trinajstić information content (AvgIpc) is 2.94. The van der Waals surface area contributed by atoms with Crippen LogP contribution in [0.15, 0.2) is 48.7 Å². The highest BCUT2D eigenvalue weighted by Crippen LogP contribution is 2.37. The van der Waals surface area contributed by atoms with E-state index in [0.717, 1.165) is 5.39 Å². The molecule has 0 amide bonds. The van der Waals surface area contributed by atoms with Gasteiger partial charge in [0.15, 0.2) is 0 Å². The fourth-order valence-corrected chi connectivity index (χ4v) is 5.21. The highest BCUT2D eigenvalue weighted by molar-refractivity contribution is 5.83. The largest absolute Gasteiger partial charge is 0.497 e. The summed E-state index contributed by atoms with van der Waals surface area (Å²) in [6.07, 6.45) is -8.01. The van der Waals surface area contributed by atoms with Crippen LogP contribution >= 0.6 is 0 Å². The Hall–Kier alpha value is -3.82. The smallest absolute Gasteiger partial charge is 0.416 e. The van der Waals surface area contributed by atoms with Crippen LogP contribution in [0.3, 0.4) is 0 Å². The van der Waals surface area contributed by atoms with Crippen LogP contribution in [0.2, 0.25) is 0 Å². The van der Waals surface area contributed by atoms with Crippen LogP contribution in [-0.4, -0.2) is 52.8 Å². The molecule has 3 atom stereocenters. The minimum Gasteiger partial charge on any atom is -0.497 e. The van der Waals surface area contributed by atoms with Crippen LogP contribution in [0.4, 0.5) is 26.3 Å². The number of aliphatic hydroxyl groups is 1. The van der Waals surface area contributed by atoms with E-state index >= 15 is 0 Å². The van der Waals surface area contributed by atoms with Gasteiger partial charge in [-0.15, -0.1) is 0 Å². The van der Waals surface area contributed by atoms with Gasteiger partial charge in [-0.25, -0.2) is 0 Å². The maximum Gasteiger partial charge on any atom is 0.416 e. The maximum absolute atomic E-state index is 13.1. The topological polar surface area (TPSA) is 82.9 Å². The van der Waals surface area contributed by atoms with Gasteiger partial charge in [0.05, 0.1) is 42.3 Å². The number of likely N-dealkylation sites (tertiary alicyclic amines) is 1. The fourth-order valence-electron chi connectivity index (χ4n) is 5.21. The van der Waals surface area contributed by atoms with E-state index in [2.05, 4.69) is 16.8 Å². The zero-order valence-corrected chi connectivity index (χ0v) is 22.5. The number of pyridine rings is 1. The summed E-state index contributed by atoms with van der Waals surface area (Å²) < 4.78 is 83.9. The Kier molecular flexibility index (Phi) is 9.33. The maximum atomic E-state index is 13.1. The van der Waals surface area contributed by atoms with Crippen molar-refractivity contribution in [1.82, 2.24) is 9.88 Å². The first kappa shape index (κ1) is 31.1. The molecule has 1 aromatic heterocycles. The molecule has 0 radical (unpaired) electrons. The third-order valence-corrected chi connectivity index (χ3v) is 7.43. The van der Waals surface area contributed by atoms with E-state index in [1.165, 1.54) is 7.11 Å². The Morgan fingerprint density at radius 3 is 2.40 bits per heavy atom. The summed E-state index contributed by atoms with van der Waals surface area (Å²) in [5, 5.41) is 21.6. The number of methoxy groups -OCH3 is 1. The molecule has 1 aliphatic rings. The van der Waals surface area contributed by atoms with Gasteiger partial charge in [-0.2, -0.15) is 26.3 Å². The third kappa shape index (κ3) is 7.52. The zero-order chi connectivity index (χ0) is 30.7. The Balaban J connectivity index is 1.41. The molecule has 6 nitrogen and oxygen atoms in total. The average molecular weight is 595 g/mol. The van der Waals surface area contributed by atoms with Crippen molar-refractivity contribution >= 4 is 16.9 Å². The monoisotopic (exact) mass is 594 g/mol. The highest BCUT2D eigenvalue weighted by Gasteiger charge is 2.37. The summed E-state index contributed by atoms with van der Waals surface area (Å²) in [7, 11) is 1.53. The van der Waals surface area contributed by atoms with Crippen molar-refractivity contribution in [2.45, 2.75) is 37.7 Å². The van der Waals surface area contributed by atoms with E-state index in [1.54, 1.807) is 35.4 Å². The first-order valence-electron chi connectivity index (χ1n) is 13.1. The number of nitrogens with zero attached hydrogens (tertiary/aromatic N) is 2. The predicted molar refractivity (Wildman–Crippen MR) is 141 cm³/mol. The van der Waals surface area contributed by atoms with Gasteiger partial charge < -0.3 is 14.9 Å². The lowest BCUT2D eigenvalue weighted by Crippen LogP contribution is -2.44. The van der Waals surface area contributed by atoms with Crippen LogP contribution < -0.4 is 4.74 Å². The van der Waals surface area contributed by atoms with Crippen LogP contribution in [0.25, 0.3) is 10.9 Å². The first-order chi connectivity index (χ1) is 19.8. The van der Waals surface area contributed by atoms with Gasteiger partial charge in [0.25, 0.3) is 0 Å². The molecule has 1 aliphatic heterocycles. The second-order valence-electron chi connectivity index (χ2n) is 10.2. The van der Waals surface area contributed by atoms with Gasteiger partial charge in [0.1, 0.15) is 5.75 Å². The lowest BCUT2D eigenvalue weighted by molar-refractivity contribution is -0.146. The number of benzene rings is 2. The predicted octanol–water partition coefficient (Wildman–Crippen LogP) is 6.17. The number of halogens is 6. The number of rotatable bonds is 7. The van der Waals surface area contributed by atoms with E-state index < -0.39 is 47.0 Å². The molecule has 0 aliphatic carbocycles. The number of fused-ring (bicyclic) bond motifs is 1. The Labute approximate surface area is 237 Å². The number of ether oxygens (including phenoxy) is 1. The zero-order valence-electron chi connectivity index (χ0n) is 22.5. The number of piperidine rings is 1. The molecule has 42 heavy (non-hydrogen) atoms. The van der Waals surface area contributed by atoms with Gasteiger partial charge in [-0.1, -0.05) is 11.8 Å². The summed E-state index contributed by atoms with van der Waals surface area (Å²) in [4.78, 5) is 18.1. The van der Waals surface area contributed by atoms with Gasteiger partial charge in [-0.05, 0) is 79.8 Å². The quantitative estimate of drug-likeness (QED) is 0.252. The molecule has 4 rings (SSSR count). The van der Waals surface area contributed by atoms with Gasteiger partial charge in [-0.3, -0.25) is 14.7 Å². The number of hydrogen-bond acceptors (Lipinski definition) is 5. The van der Waals surface area contributed by atoms with Crippen molar-refractivity contribution in [3.63, 3.8) is 0 Å². The van der Waals surface area contributed by atoms with Crippen molar-refractivity contribution in [3.05, 3.63) is 70.9 Å². The van der Waals surface area contributed by atoms with E-state index in [1.807, 2.05) is 0 Å². The van der Waals surface area contributed by atoms with Crippen LogP contribution in [0, 0.1) is 23.7 Å². The summed E-state index contributed by atoms with van der Waals surface area (Å²) in [5.41, 5.74) is -1.99. The standard InChI is InChI=1S/C30H28F6N2O4/c1-42-22-5-6-26-24(16-22)23(8-10-37-26)27(39)7-4-19-9-12-38(17-25(19)28(40)41)11-2-3-18-13-20(29(31,32)33)15-21(14-18)30(34,35)36/h5-6,8,10,13-16,19,25,27,39H,4,7,9,11-12,17H2,1H3,(H,40,41)/t19-,25+,27-/m1/s1. The molecule has 2 heterocycles. The SMILES string of the molecule is COc1ccc2nccc([C@H](O)CC[C@@H]3CCN(CC#Cc4cc(C(F)(F)F)cc(C(F)(F)F)c4)C[C@@H]3C(=O)O)c2c1. The molecule has 0 bridgehead atoms. The molecule has 3 aromatic rings. The molecule has 2 N–H and O–H groups in total. The van der Waals surface area contributed by atoms with E-state index in [-0.39, 0.29) is 25.1 Å². The number of aromatic nitrogens is 1. The molecule has 0 saturated carbocycles. The molecule has 0 spiro atoms. The van der Waals surface area contributed by atoms with Crippen molar-refractivity contribution in [2.24, 2.45) is 11.8 Å². The van der Waals surface area contributed by atoms with Crippen LogP contribution in [0.1, 0.15) is 47.6 Å². The lowest BCUT2D eigenvalue weighted by Gasteiger charge is -2.36. The number of hydrogen-bond donors (Lipinski definition) is 2. The number of carboxylic acids is 1. The molecule has 2 aromatic carbocycles. The molecule has 1 fully saturated rings. The van der Waals surface area contributed by atoms with E-state index in [0.29, 0.717) is 54.8 Å². The minimum atomic E-state index is -4.97. The van der Waals surface area contributed by atoms with E-state index in [9.17, 15) is 41.4 Å². The summed E-state index contributed by atoms with van der Waals surface area (Å²) >= 11 is 0. The van der Waals surface area contributed by atoms with Crippen molar-refractivity contribution < 1.29 is 46.1 Å². The fraction of sp³-hybridized carbons (Fsp3) is 0.400. The van der Waals surface area contributed by atoms with Crippen molar-refractivity contribution in [1.29, 1.82) is 0 Å². The van der Waals surface area contributed by atoms with Crippen LogP contribution in [-0.2, 0) is 17.1 Å². The second-order valence-corrected chi connectivity index (χ2v) is 10.2. The molecular weight excluding hydrogens is 566 g/mol. The van der Waals surface area contributed by atoms with Gasteiger partial charge >= 0.3 is 18.3 Å². The molecule has 224 valence electrons.